The highest BCUT2D eigenvalue weighted by Crippen LogP contribution is 2.12. The van der Waals surface area contributed by atoms with Crippen LogP contribution in [0.15, 0.2) is 24.3 Å². The Hall–Kier alpha value is -1.55. The topological polar surface area (TPSA) is 64.4 Å². The Bertz CT molecular complexity index is 380. The molecule has 4 heteroatoms. The lowest BCUT2D eigenvalue weighted by Gasteiger charge is -2.12. The molecule has 1 rings (SSSR count). The standard InChI is InChI=1S/C14H22N2O2/c1-3-4-8-13(15)14(17)16-10-11-6-5-7-12(9-11)18-2/h5-7,9,13H,3-4,8,10,15H2,1-2H3,(H,16,17)/t13-/m0/s1. The average molecular weight is 250 g/mol. The summed E-state index contributed by atoms with van der Waals surface area (Å²) in [5.41, 5.74) is 6.79. The maximum absolute atomic E-state index is 11.7. The first-order chi connectivity index (χ1) is 8.67. The summed E-state index contributed by atoms with van der Waals surface area (Å²) in [5.74, 6) is 0.698. The maximum Gasteiger partial charge on any atom is 0.237 e. The Morgan fingerprint density at radius 3 is 2.94 bits per heavy atom. The van der Waals surface area contributed by atoms with E-state index in [2.05, 4.69) is 12.2 Å². The third kappa shape index (κ3) is 4.75. The van der Waals surface area contributed by atoms with E-state index in [0.29, 0.717) is 6.54 Å². The van der Waals surface area contributed by atoms with E-state index >= 15 is 0 Å². The summed E-state index contributed by atoms with van der Waals surface area (Å²) < 4.78 is 5.12. The van der Waals surface area contributed by atoms with Gasteiger partial charge in [-0.25, -0.2) is 0 Å². The highest BCUT2D eigenvalue weighted by molar-refractivity contribution is 5.81. The summed E-state index contributed by atoms with van der Waals surface area (Å²) in [6.07, 6.45) is 2.77. The third-order valence-corrected chi connectivity index (χ3v) is 2.81. The number of nitrogens with one attached hydrogen (secondary N) is 1. The second-order valence-electron chi connectivity index (χ2n) is 4.32. The number of carbonyl (C=O) groups excluding carboxylic acids is 1. The summed E-state index contributed by atoms with van der Waals surface area (Å²) in [4.78, 5) is 11.7. The van der Waals surface area contributed by atoms with Crippen LogP contribution >= 0.6 is 0 Å². The van der Waals surface area contributed by atoms with Gasteiger partial charge in [-0.2, -0.15) is 0 Å². The molecule has 0 aliphatic heterocycles. The summed E-state index contributed by atoms with van der Waals surface area (Å²) in [7, 11) is 1.62. The van der Waals surface area contributed by atoms with E-state index in [-0.39, 0.29) is 5.91 Å². The number of carbonyl (C=O) groups is 1. The number of nitrogens with two attached hydrogens (primary N) is 1. The largest absolute Gasteiger partial charge is 0.497 e. The van der Waals surface area contributed by atoms with Gasteiger partial charge < -0.3 is 15.8 Å². The van der Waals surface area contributed by atoms with Crippen LogP contribution in [-0.2, 0) is 11.3 Å². The Kier molecular flexibility index (Phi) is 6.22. The van der Waals surface area contributed by atoms with Crippen LogP contribution in [0.4, 0.5) is 0 Å². The molecule has 0 saturated carbocycles. The van der Waals surface area contributed by atoms with Crippen molar-refractivity contribution in [2.24, 2.45) is 5.73 Å². The molecule has 0 unspecified atom stereocenters. The predicted molar refractivity (Wildman–Crippen MR) is 72.3 cm³/mol. The van der Waals surface area contributed by atoms with Crippen LogP contribution in [0.25, 0.3) is 0 Å². The van der Waals surface area contributed by atoms with Crippen molar-refractivity contribution < 1.29 is 9.53 Å². The van der Waals surface area contributed by atoms with Crippen molar-refractivity contribution in [3.8, 4) is 5.75 Å². The molecule has 18 heavy (non-hydrogen) atoms. The van der Waals surface area contributed by atoms with Gasteiger partial charge in [0.25, 0.3) is 0 Å². The van der Waals surface area contributed by atoms with Crippen LogP contribution in [0.3, 0.4) is 0 Å². The van der Waals surface area contributed by atoms with Gasteiger partial charge in [0.05, 0.1) is 13.2 Å². The Morgan fingerprint density at radius 2 is 2.28 bits per heavy atom. The molecule has 0 fully saturated rings. The molecule has 0 heterocycles. The molecule has 3 N–H and O–H groups in total. The average Bonchev–Trinajstić information content (AvgIpc) is 2.42. The molecule has 1 atom stereocenters. The van der Waals surface area contributed by atoms with Gasteiger partial charge in [0.15, 0.2) is 0 Å². The molecule has 4 nitrogen and oxygen atoms in total. The van der Waals surface area contributed by atoms with Crippen molar-refractivity contribution in [2.75, 3.05) is 7.11 Å². The Labute approximate surface area is 109 Å². The number of hydrogen-bond acceptors (Lipinski definition) is 3. The Balaban J connectivity index is 2.41. The number of hydrogen-bond donors (Lipinski definition) is 2. The van der Waals surface area contributed by atoms with E-state index < -0.39 is 6.04 Å². The van der Waals surface area contributed by atoms with E-state index in [1.807, 2.05) is 24.3 Å². The number of ether oxygens (including phenoxy) is 1. The van der Waals surface area contributed by atoms with Crippen molar-refractivity contribution in [2.45, 2.75) is 38.8 Å². The lowest BCUT2D eigenvalue weighted by molar-refractivity contribution is -0.122. The second-order valence-corrected chi connectivity index (χ2v) is 4.32. The fourth-order valence-electron chi connectivity index (χ4n) is 1.66. The molecule has 0 radical (unpaired) electrons. The van der Waals surface area contributed by atoms with Gasteiger partial charge in [-0.15, -0.1) is 0 Å². The fourth-order valence-corrected chi connectivity index (χ4v) is 1.66. The van der Waals surface area contributed by atoms with Gasteiger partial charge in [-0.1, -0.05) is 31.9 Å². The fraction of sp³-hybridized carbons (Fsp3) is 0.500. The van der Waals surface area contributed by atoms with E-state index in [0.717, 1.165) is 30.6 Å². The van der Waals surface area contributed by atoms with Gasteiger partial charge in [0, 0.05) is 6.54 Å². The van der Waals surface area contributed by atoms with Crippen LogP contribution in [0.1, 0.15) is 31.7 Å². The van der Waals surface area contributed by atoms with E-state index in [4.69, 9.17) is 10.5 Å². The summed E-state index contributed by atoms with van der Waals surface area (Å²) >= 11 is 0. The molecular weight excluding hydrogens is 228 g/mol. The zero-order chi connectivity index (χ0) is 13.4. The van der Waals surface area contributed by atoms with Crippen molar-refractivity contribution in [1.82, 2.24) is 5.32 Å². The first-order valence-electron chi connectivity index (χ1n) is 6.33. The molecule has 0 saturated heterocycles. The quantitative estimate of drug-likeness (QED) is 0.776. The van der Waals surface area contributed by atoms with Gasteiger partial charge in [-0.05, 0) is 24.1 Å². The number of amides is 1. The number of unbranched alkanes of at least 4 members (excludes halogenated alkanes) is 1. The molecular formula is C14H22N2O2. The van der Waals surface area contributed by atoms with Gasteiger partial charge in [0.1, 0.15) is 5.75 Å². The zero-order valence-corrected chi connectivity index (χ0v) is 11.1. The predicted octanol–water partition coefficient (Wildman–Crippen LogP) is 1.83. The molecule has 0 spiro atoms. The normalized spacial score (nSPS) is 11.9. The van der Waals surface area contributed by atoms with Crippen LogP contribution < -0.4 is 15.8 Å². The molecule has 0 aliphatic carbocycles. The van der Waals surface area contributed by atoms with E-state index in [1.165, 1.54) is 0 Å². The lowest BCUT2D eigenvalue weighted by atomic mass is 10.1. The zero-order valence-electron chi connectivity index (χ0n) is 11.1. The van der Waals surface area contributed by atoms with Crippen LogP contribution in [-0.4, -0.2) is 19.1 Å². The van der Waals surface area contributed by atoms with Crippen molar-refractivity contribution in [3.63, 3.8) is 0 Å². The smallest absolute Gasteiger partial charge is 0.237 e. The van der Waals surface area contributed by atoms with Crippen LogP contribution in [0.5, 0.6) is 5.75 Å². The van der Waals surface area contributed by atoms with Crippen molar-refractivity contribution in [3.05, 3.63) is 29.8 Å². The number of benzene rings is 1. The van der Waals surface area contributed by atoms with E-state index in [9.17, 15) is 4.79 Å². The molecule has 1 aromatic rings. The minimum absolute atomic E-state index is 0.0914. The van der Waals surface area contributed by atoms with Gasteiger partial charge in [0.2, 0.25) is 5.91 Å². The first-order valence-corrected chi connectivity index (χ1v) is 6.33. The Morgan fingerprint density at radius 1 is 1.50 bits per heavy atom. The monoisotopic (exact) mass is 250 g/mol. The number of rotatable bonds is 7. The first kappa shape index (κ1) is 14.5. The minimum Gasteiger partial charge on any atom is -0.497 e. The third-order valence-electron chi connectivity index (χ3n) is 2.81. The van der Waals surface area contributed by atoms with Crippen LogP contribution in [0.2, 0.25) is 0 Å². The van der Waals surface area contributed by atoms with Gasteiger partial charge in [-0.3, -0.25) is 4.79 Å². The molecule has 0 aromatic heterocycles. The maximum atomic E-state index is 11.7. The van der Waals surface area contributed by atoms with Gasteiger partial charge >= 0.3 is 0 Å². The highest BCUT2D eigenvalue weighted by Gasteiger charge is 2.11. The SMILES string of the molecule is CCCC[C@H](N)C(=O)NCc1cccc(OC)c1. The summed E-state index contributed by atoms with van der Waals surface area (Å²) in [5, 5.41) is 2.84. The molecule has 1 amide bonds. The molecule has 0 aliphatic rings. The molecule has 0 bridgehead atoms. The molecule has 1 aromatic carbocycles. The highest BCUT2D eigenvalue weighted by atomic mass is 16.5. The molecule has 100 valence electrons. The van der Waals surface area contributed by atoms with E-state index in [1.54, 1.807) is 7.11 Å². The summed E-state index contributed by atoms with van der Waals surface area (Å²) in [6, 6.07) is 7.21. The van der Waals surface area contributed by atoms with Crippen molar-refractivity contribution >= 4 is 5.91 Å². The second kappa shape index (κ2) is 7.71. The number of methoxy groups -OCH3 is 1. The lowest BCUT2D eigenvalue weighted by Crippen LogP contribution is -2.40. The van der Waals surface area contributed by atoms with Crippen molar-refractivity contribution in [1.29, 1.82) is 0 Å². The minimum atomic E-state index is -0.407. The summed E-state index contributed by atoms with van der Waals surface area (Å²) in [6.45, 7) is 2.57. The van der Waals surface area contributed by atoms with Crippen LogP contribution in [0, 0.1) is 0 Å².